The van der Waals surface area contributed by atoms with Crippen LogP contribution in [0.5, 0.6) is 0 Å². The second-order valence-corrected chi connectivity index (χ2v) is 5.64. The van der Waals surface area contributed by atoms with Gasteiger partial charge in [0.15, 0.2) is 5.43 Å². The predicted octanol–water partition coefficient (Wildman–Crippen LogP) is 3.23. The minimum atomic E-state index is -0.381. The fourth-order valence-corrected chi connectivity index (χ4v) is 2.72. The maximum Gasteiger partial charge on any atom is 0.325 e. The minimum Gasteiger partial charge on any atom is -0.468 e. The van der Waals surface area contributed by atoms with Gasteiger partial charge in [0.25, 0.3) is 0 Å². The molecular weight excluding hydrogens is 325 g/mol. The number of carbonyl (C=O) groups is 1. The molecule has 22 heavy (non-hydrogen) atoms. The third-order valence-electron chi connectivity index (χ3n) is 3.51. The lowest BCUT2D eigenvalue weighted by atomic mass is 10.0. The fourth-order valence-electron chi connectivity index (χ4n) is 2.19. The third kappa shape index (κ3) is 3.51. The predicted molar refractivity (Wildman–Crippen MR) is 86.7 cm³/mol. The Labute approximate surface area is 138 Å². The van der Waals surface area contributed by atoms with Gasteiger partial charge in [-0.3, -0.25) is 9.59 Å². The van der Waals surface area contributed by atoms with Crippen molar-refractivity contribution in [1.29, 1.82) is 0 Å². The van der Waals surface area contributed by atoms with Crippen LogP contribution in [0.3, 0.4) is 0 Å². The standard InChI is InChI=1S/C16H15Cl2NO3/c1-10-11(8-12-13(17)4-3-5-14(12)18)15(20)6-7-19(10)9-16(21)22-2/h3-7H,8-9H2,1-2H3. The van der Waals surface area contributed by atoms with E-state index in [2.05, 4.69) is 4.74 Å². The van der Waals surface area contributed by atoms with Crippen LogP contribution in [0.25, 0.3) is 0 Å². The highest BCUT2D eigenvalue weighted by Crippen LogP contribution is 2.26. The molecule has 0 amide bonds. The average Bonchev–Trinajstić information content (AvgIpc) is 2.49. The molecule has 0 aliphatic carbocycles. The zero-order valence-corrected chi connectivity index (χ0v) is 13.7. The van der Waals surface area contributed by atoms with Crippen molar-refractivity contribution in [2.75, 3.05) is 7.11 Å². The lowest BCUT2D eigenvalue weighted by Crippen LogP contribution is -2.20. The first-order chi connectivity index (χ1) is 10.4. The molecule has 0 saturated heterocycles. The van der Waals surface area contributed by atoms with Gasteiger partial charge in [0.2, 0.25) is 0 Å². The van der Waals surface area contributed by atoms with Gasteiger partial charge in [-0.1, -0.05) is 29.3 Å². The Hall–Kier alpha value is -1.78. The summed E-state index contributed by atoms with van der Waals surface area (Å²) in [5, 5.41) is 1.02. The van der Waals surface area contributed by atoms with Gasteiger partial charge in [-0.2, -0.15) is 0 Å². The second kappa shape index (κ2) is 6.99. The maximum absolute atomic E-state index is 12.2. The Bertz CT molecular complexity index is 748. The number of methoxy groups -OCH3 is 1. The summed E-state index contributed by atoms with van der Waals surface area (Å²) >= 11 is 12.3. The van der Waals surface area contributed by atoms with E-state index < -0.39 is 0 Å². The summed E-state index contributed by atoms with van der Waals surface area (Å²) in [5.74, 6) is -0.381. The van der Waals surface area contributed by atoms with Crippen LogP contribution in [0.15, 0.2) is 35.3 Å². The van der Waals surface area contributed by atoms with Crippen LogP contribution in [0.1, 0.15) is 16.8 Å². The highest BCUT2D eigenvalue weighted by Gasteiger charge is 2.14. The van der Waals surface area contributed by atoms with E-state index in [-0.39, 0.29) is 17.9 Å². The molecule has 1 aromatic carbocycles. The van der Waals surface area contributed by atoms with Crippen molar-refractivity contribution in [3.8, 4) is 0 Å². The molecule has 0 N–H and O–H groups in total. The lowest BCUT2D eigenvalue weighted by Gasteiger charge is -2.14. The summed E-state index contributed by atoms with van der Waals surface area (Å²) < 4.78 is 6.33. The molecule has 6 heteroatoms. The molecule has 2 rings (SSSR count). The molecule has 1 aromatic heterocycles. The molecule has 4 nitrogen and oxygen atoms in total. The van der Waals surface area contributed by atoms with Crippen LogP contribution in [-0.4, -0.2) is 17.6 Å². The monoisotopic (exact) mass is 339 g/mol. The van der Waals surface area contributed by atoms with Crippen molar-refractivity contribution in [3.63, 3.8) is 0 Å². The number of ether oxygens (including phenoxy) is 1. The van der Waals surface area contributed by atoms with Gasteiger partial charge in [-0.05, 0) is 24.6 Å². The van der Waals surface area contributed by atoms with Crippen molar-refractivity contribution in [2.45, 2.75) is 19.9 Å². The summed E-state index contributed by atoms with van der Waals surface area (Å²) in [6, 6.07) is 6.64. The zero-order chi connectivity index (χ0) is 16.3. The minimum absolute atomic E-state index is 0.0475. The first-order valence-corrected chi connectivity index (χ1v) is 7.38. The van der Waals surface area contributed by atoms with Gasteiger partial charge in [0, 0.05) is 40.0 Å². The third-order valence-corrected chi connectivity index (χ3v) is 4.22. The highest BCUT2D eigenvalue weighted by molar-refractivity contribution is 6.36. The Morgan fingerprint density at radius 3 is 2.41 bits per heavy atom. The number of halogens is 2. The molecule has 1 heterocycles. The van der Waals surface area contributed by atoms with Crippen LogP contribution in [-0.2, 0) is 22.5 Å². The molecule has 116 valence electrons. The number of hydrogen-bond donors (Lipinski definition) is 0. The van der Waals surface area contributed by atoms with Gasteiger partial charge in [-0.25, -0.2) is 0 Å². The number of benzene rings is 1. The van der Waals surface area contributed by atoms with Crippen molar-refractivity contribution >= 4 is 29.2 Å². The van der Waals surface area contributed by atoms with Crippen molar-refractivity contribution in [2.24, 2.45) is 0 Å². The van der Waals surface area contributed by atoms with E-state index in [1.54, 1.807) is 35.9 Å². The first-order valence-electron chi connectivity index (χ1n) is 6.62. The van der Waals surface area contributed by atoms with E-state index in [1.807, 2.05) is 0 Å². The van der Waals surface area contributed by atoms with Crippen LogP contribution in [0, 0.1) is 6.92 Å². The van der Waals surface area contributed by atoms with E-state index in [1.165, 1.54) is 13.2 Å². The van der Waals surface area contributed by atoms with Gasteiger partial charge in [0.05, 0.1) is 7.11 Å². The second-order valence-electron chi connectivity index (χ2n) is 4.82. The van der Waals surface area contributed by atoms with Crippen molar-refractivity contribution in [3.05, 3.63) is 67.6 Å². The molecule has 0 fully saturated rings. The molecular formula is C16H15Cl2NO3. The van der Waals surface area contributed by atoms with E-state index >= 15 is 0 Å². The van der Waals surface area contributed by atoms with Crippen LogP contribution >= 0.6 is 23.2 Å². The highest BCUT2D eigenvalue weighted by atomic mass is 35.5. The topological polar surface area (TPSA) is 48.3 Å². The molecule has 0 aliphatic rings. The summed E-state index contributed by atoms with van der Waals surface area (Å²) in [4.78, 5) is 23.6. The molecule has 0 saturated carbocycles. The molecule has 0 spiro atoms. The number of aromatic nitrogens is 1. The Balaban J connectivity index is 2.45. The number of rotatable bonds is 4. The lowest BCUT2D eigenvalue weighted by molar-refractivity contribution is -0.141. The normalized spacial score (nSPS) is 10.5. The van der Waals surface area contributed by atoms with E-state index in [0.29, 0.717) is 33.3 Å². The smallest absolute Gasteiger partial charge is 0.325 e. The first kappa shape index (κ1) is 16.6. The molecule has 2 aromatic rings. The molecule has 0 radical (unpaired) electrons. The van der Waals surface area contributed by atoms with Crippen molar-refractivity contribution in [1.82, 2.24) is 4.57 Å². The summed E-state index contributed by atoms with van der Waals surface area (Å²) in [5.41, 5.74) is 1.83. The molecule has 0 unspecified atom stereocenters. The summed E-state index contributed by atoms with van der Waals surface area (Å²) in [7, 11) is 1.32. The van der Waals surface area contributed by atoms with E-state index in [9.17, 15) is 9.59 Å². The zero-order valence-electron chi connectivity index (χ0n) is 12.2. The van der Waals surface area contributed by atoms with Gasteiger partial charge in [0.1, 0.15) is 6.54 Å². The number of esters is 1. The van der Waals surface area contributed by atoms with Gasteiger partial charge < -0.3 is 9.30 Å². The van der Waals surface area contributed by atoms with Crippen LogP contribution in [0.2, 0.25) is 10.0 Å². The fraction of sp³-hybridized carbons (Fsp3) is 0.250. The van der Waals surface area contributed by atoms with Gasteiger partial charge in [-0.15, -0.1) is 0 Å². The quantitative estimate of drug-likeness (QED) is 0.803. The number of nitrogens with zero attached hydrogens (tertiary/aromatic N) is 1. The number of carbonyl (C=O) groups excluding carboxylic acids is 1. The Morgan fingerprint density at radius 2 is 1.82 bits per heavy atom. The largest absolute Gasteiger partial charge is 0.468 e. The maximum atomic E-state index is 12.2. The molecule has 0 atom stereocenters. The van der Waals surface area contributed by atoms with Crippen LogP contribution < -0.4 is 5.43 Å². The SMILES string of the molecule is COC(=O)Cn1ccc(=O)c(Cc2c(Cl)cccc2Cl)c1C. The summed E-state index contributed by atoms with van der Waals surface area (Å²) in [6.07, 6.45) is 1.89. The summed E-state index contributed by atoms with van der Waals surface area (Å²) in [6.45, 7) is 1.83. The average molecular weight is 340 g/mol. The Kier molecular flexibility index (Phi) is 5.27. The number of hydrogen-bond acceptors (Lipinski definition) is 3. The van der Waals surface area contributed by atoms with E-state index in [4.69, 9.17) is 23.2 Å². The molecule has 0 aliphatic heterocycles. The van der Waals surface area contributed by atoms with Gasteiger partial charge >= 0.3 is 5.97 Å². The Morgan fingerprint density at radius 1 is 1.18 bits per heavy atom. The van der Waals surface area contributed by atoms with Crippen molar-refractivity contribution < 1.29 is 9.53 Å². The number of pyridine rings is 1. The molecule has 0 bridgehead atoms. The van der Waals surface area contributed by atoms with E-state index in [0.717, 1.165) is 0 Å². The van der Waals surface area contributed by atoms with Crippen LogP contribution in [0.4, 0.5) is 0 Å².